The Morgan fingerprint density at radius 2 is 2.06 bits per heavy atom. The Kier molecular flexibility index (Phi) is 2.46. The molecule has 0 aliphatic carbocycles. The van der Waals surface area contributed by atoms with E-state index in [1.165, 1.54) is 25.0 Å². The summed E-state index contributed by atoms with van der Waals surface area (Å²) in [6.45, 7) is 2.22. The second-order valence-corrected chi connectivity index (χ2v) is 4.70. The van der Waals surface area contributed by atoms with Gasteiger partial charge in [-0.1, -0.05) is 0 Å². The summed E-state index contributed by atoms with van der Waals surface area (Å²) in [4.78, 5) is 4.64. The Hall–Kier alpha value is -1.64. The lowest BCUT2D eigenvalue weighted by molar-refractivity contribution is 0.426. The van der Waals surface area contributed by atoms with Crippen molar-refractivity contribution in [1.82, 2.24) is 9.55 Å². The van der Waals surface area contributed by atoms with Gasteiger partial charge in [0.1, 0.15) is 11.6 Å². The summed E-state index contributed by atoms with van der Waals surface area (Å²) in [6, 6.07) is 7.07. The lowest BCUT2D eigenvalue weighted by Crippen LogP contribution is -2.14. The molecular weight excluding hydrogens is 215 g/mol. The molecule has 0 saturated heterocycles. The summed E-state index contributed by atoms with van der Waals surface area (Å²) < 4.78 is 15.1. The van der Waals surface area contributed by atoms with Crippen LogP contribution in [0, 0.1) is 5.82 Å². The lowest BCUT2D eigenvalue weighted by atomic mass is 10.1. The quantitative estimate of drug-likeness (QED) is 0.732. The number of aryl methyl sites for hydroxylation is 1. The Bertz CT molecular complexity index is 528. The predicted molar refractivity (Wildman–Crippen MR) is 65.3 cm³/mol. The van der Waals surface area contributed by atoms with Crippen molar-refractivity contribution in [3.05, 3.63) is 42.1 Å². The summed E-state index contributed by atoms with van der Waals surface area (Å²) in [7, 11) is 0. The normalized spacial score (nSPS) is 19.1. The van der Waals surface area contributed by atoms with E-state index in [1.54, 1.807) is 12.1 Å². The van der Waals surface area contributed by atoms with E-state index in [2.05, 4.69) is 22.7 Å². The van der Waals surface area contributed by atoms with Gasteiger partial charge in [0, 0.05) is 24.2 Å². The molecule has 2 nitrogen and oxygen atoms in total. The Morgan fingerprint density at radius 1 is 1.29 bits per heavy atom. The van der Waals surface area contributed by atoms with E-state index in [0.717, 1.165) is 23.5 Å². The second-order valence-electron chi connectivity index (χ2n) is 4.70. The molecular formula is C14H15FN2. The smallest absolute Gasteiger partial charge is 0.123 e. The third kappa shape index (κ3) is 1.86. The van der Waals surface area contributed by atoms with Crippen molar-refractivity contribution in [2.75, 3.05) is 0 Å². The minimum atomic E-state index is -0.203. The standard InChI is InChI=1S/C14H15FN2/c1-10-3-2-4-14-16-13(9-17(10)14)11-5-7-12(15)8-6-11/h5-10H,2-4H2,1H3/t10-/m0/s1. The van der Waals surface area contributed by atoms with Crippen LogP contribution in [0.3, 0.4) is 0 Å². The van der Waals surface area contributed by atoms with Gasteiger partial charge in [-0.2, -0.15) is 0 Å². The van der Waals surface area contributed by atoms with E-state index in [-0.39, 0.29) is 5.82 Å². The van der Waals surface area contributed by atoms with Crippen molar-refractivity contribution in [3.63, 3.8) is 0 Å². The summed E-state index contributed by atoms with van der Waals surface area (Å²) in [6.07, 6.45) is 5.56. The fourth-order valence-electron chi connectivity index (χ4n) is 2.45. The molecule has 0 N–H and O–H groups in total. The van der Waals surface area contributed by atoms with Gasteiger partial charge >= 0.3 is 0 Å². The van der Waals surface area contributed by atoms with Crippen molar-refractivity contribution >= 4 is 0 Å². The maximum absolute atomic E-state index is 12.9. The van der Waals surface area contributed by atoms with Crippen LogP contribution in [0.2, 0.25) is 0 Å². The van der Waals surface area contributed by atoms with E-state index in [4.69, 9.17) is 0 Å². The summed E-state index contributed by atoms with van der Waals surface area (Å²) >= 11 is 0. The zero-order chi connectivity index (χ0) is 11.8. The SMILES string of the molecule is C[C@H]1CCCc2nc(-c3ccc(F)cc3)cn21. The van der Waals surface area contributed by atoms with Crippen LogP contribution in [0.1, 0.15) is 31.6 Å². The van der Waals surface area contributed by atoms with Gasteiger partial charge in [0.15, 0.2) is 0 Å². The van der Waals surface area contributed by atoms with Crippen molar-refractivity contribution < 1.29 is 4.39 Å². The van der Waals surface area contributed by atoms with Gasteiger partial charge < -0.3 is 4.57 Å². The molecule has 1 atom stereocenters. The minimum Gasteiger partial charge on any atom is -0.331 e. The van der Waals surface area contributed by atoms with E-state index >= 15 is 0 Å². The van der Waals surface area contributed by atoms with E-state index in [1.807, 2.05) is 0 Å². The van der Waals surface area contributed by atoms with Crippen LogP contribution < -0.4 is 0 Å². The molecule has 1 aliphatic rings. The van der Waals surface area contributed by atoms with Gasteiger partial charge in [0.2, 0.25) is 0 Å². The summed E-state index contributed by atoms with van der Waals surface area (Å²) in [5.74, 6) is 0.953. The first-order valence-corrected chi connectivity index (χ1v) is 6.08. The molecule has 1 aromatic heterocycles. The first-order chi connectivity index (χ1) is 8.24. The van der Waals surface area contributed by atoms with Crippen molar-refractivity contribution in [3.8, 4) is 11.3 Å². The van der Waals surface area contributed by atoms with Gasteiger partial charge in [-0.3, -0.25) is 0 Å². The van der Waals surface area contributed by atoms with Crippen LogP contribution in [0.25, 0.3) is 11.3 Å². The number of imidazole rings is 1. The molecule has 3 heteroatoms. The number of hydrogen-bond donors (Lipinski definition) is 0. The first-order valence-electron chi connectivity index (χ1n) is 6.08. The number of nitrogens with zero attached hydrogens (tertiary/aromatic N) is 2. The van der Waals surface area contributed by atoms with Crippen LogP contribution in [-0.4, -0.2) is 9.55 Å². The highest BCUT2D eigenvalue weighted by Crippen LogP contribution is 2.28. The maximum atomic E-state index is 12.9. The third-order valence-electron chi connectivity index (χ3n) is 3.45. The number of benzene rings is 1. The van der Waals surface area contributed by atoms with Crippen LogP contribution in [0.15, 0.2) is 30.5 Å². The zero-order valence-corrected chi connectivity index (χ0v) is 9.86. The Balaban J connectivity index is 2.02. The Labute approximate surface area is 100 Å². The van der Waals surface area contributed by atoms with Crippen LogP contribution >= 0.6 is 0 Å². The van der Waals surface area contributed by atoms with E-state index in [0.29, 0.717) is 6.04 Å². The number of rotatable bonds is 1. The van der Waals surface area contributed by atoms with Crippen molar-refractivity contribution in [2.45, 2.75) is 32.2 Å². The highest BCUT2D eigenvalue weighted by molar-refractivity contribution is 5.58. The monoisotopic (exact) mass is 230 g/mol. The summed E-state index contributed by atoms with van der Waals surface area (Å²) in [5, 5.41) is 0. The fourth-order valence-corrected chi connectivity index (χ4v) is 2.45. The van der Waals surface area contributed by atoms with Crippen molar-refractivity contribution in [2.24, 2.45) is 0 Å². The van der Waals surface area contributed by atoms with Gasteiger partial charge in [0.05, 0.1) is 5.69 Å². The molecule has 1 aromatic carbocycles. The highest BCUT2D eigenvalue weighted by Gasteiger charge is 2.18. The van der Waals surface area contributed by atoms with Gasteiger partial charge in [-0.05, 0) is 44.0 Å². The number of fused-ring (bicyclic) bond motifs is 1. The average Bonchev–Trinajstić information content (AvgIpc) is 2.75. The third-order valence-corrected chi connectivity index (χ3v) is 3.45. The molecule has 0 amide bonds. The van der Waals surface area contributed by atoms with Crippen LogP contribution in [0.4, 0.5) is 4.39 Å². The fraction of sp³-hybridized carbons (Fsp3) is 0.357. The van der Waals surface area contributed by atoms with Gasteiger partial charge in [0.25, 0.3) is 0 Å². The molecule has 17 heavy (non-hydrogen) atoms. The molecule has 88 valence electrons. The largest absolute Gasteiger partial charge is 0.331 e. The van der Waals surface area contributed by atoms with Crippen molar-refractivity contribution in [1.29, 1.82) is 0 Å². The molecule has 2 aromatic rings. The van der Waals surface area contributed by atoms with E-state index in [9.17, 15) is 4.39 Å². The number of aromatic nitrogens is 2. The first kappa shape index (κ1) is 10.5. The zero-order valence-electron chi connectivity index (χ0n) is 9.86. The van der Waals surface area contributed by atoms with Gasteiger partial charge in [-0.25, -0.2) is 9.37 Å². The Morgan fingerprint density at radius 3 is 2.76 bits per heavy atom. The number of hydrogen-bond acceptors (Lipinski definition) is 1. The summed E-state index contributed by atoms with van der Waals surface area (Å²) in [5.41, 5.74) is 1.94. The molecule has 0 bridgehead atoms. The highest BCUT2D eigenvalue weighted by atomic mass is 19.1. The molecule has 0 unspecified atom stereocenters. The molecule has 2 heterocycles. The minimum absolute atomic E-state index is 0.203. The topological polar surface area (TPSA) is 17.8 Å². The molecule has 1 aliphatic heterocycles. The molecule has 0 spiro atoms. The predicted octanol–water partition coefficient (Wildman–Crippen LogP) is 3.59. The molecule has 3 rings (SSSR count). The molecule has 0 fully saturated rings. The molecule has 0 saturated carbocycles. The van der Waals surface area contributed by atoms with E-state index < -0.39 is 0 Å². The maximum Gasteiger partial charge on any atom is 0.123 e. The van der Waals surface area contributed by atoms with Crippen LogP contribution in [0.5, 0.6) is 0 Å². The number of halogens is 1. The van der Waals surface area contributed by atoms with Gasteiger partial charge in [-0.15, -0.1) is 0 Å². The molecule has 0 radical (unpaired) electrons. The average molecular weight is 230 g/mol. The lowest BCUT2D eigenvalue weighted by Gasteiger charge is -2.20. The second kappa shape index (κ2) is 3.99. The van der Waals surface area contributed by atoms with Crippen LogP contribution in [-0.2, 0) is 6.42 Å².